The Balaban J connectivity index is 1.74. The zero-order valence-electron chi connectivity index (χ0n) is 13.1. The first-order valence-corrected chi connectivity index (χ1v) is 7.98. The van der Waals surface area contributed by atoms with Crippen molar-refractivity contribution in [1.29, 1.82) is 0 Å². The summed E-state index contributed by atoms with van der Waals surface area (Å²) in [7, 11) is 1.64. The summed E-state index contributed by atoms with van der Waals surface area (Å²) in [5.74, 6) is 1.03. The summed E-state index contributed by atoms with van der Waals surface area (Å²) in [6.45, 7) is 4.45. The molecule has 1 aliphatic rings. The fourth-order valence-electron chi connectivity index (χ4n) is 2.50. The van der Waals surface area contributed by atoms with Crippen LogP contribution in [-0.4, -0.2) is 42.7 Å². The maximum absolute atomic E-state index is 11.5. The van der Waals surface area contributed by atoms with E-state index in [9.17, 15) is 4.79 Å². The van der Waals surface area contributed by atoms with Crippen molar-refractivity contribution in [3.05, 3.63) is 23.8 Å². The van der Waals surface area contributed by atoms with Crippen LogP contribution in [0.5, 0.6) is 5.75 Å². The van der Waals surface area contributed by atoms with Gasteiger partial charge in [0.25, 0.3) is 0 Å². The number of hydrogen-bond donors (Lipinski definition) is 2. The lowest BCUT2D eigenvalue weighted by Crippen LogP contribution is -2.32. The number of hydrogen-bond acceptors (Lipinski definition) is 3. The van der Waals surface area contributed by atoms with Crippen molar-refractivity contribution in [1.82, 2.24) is 10.2 Å². The van der Waals surface area contributed by atoms with E-state index >= 15 is 0 Å². The minimum Gasteiger partial charge on any atom is -0.495 e. The maximum atomic E-state index is 11.5. The number of nitrogens with zero attached hydrogens (tertiary/aromatic N) is 1. The smallest absolute Gasteiger partial charge is 0.222 e. The molecule has 1 aromatic carbocycles. The predicted octanol–water partition coefficient (Wildman–Crippen LogP) is 2.30. The van der Waals surface area contributed by atoms with Gasteiger partial charge in [-0.1, -0.05) is 6.07 Å². The molecule has 1 aromatic rings. The predicted molar refractivity (Wildman–Crippen MR) is 92.4 cm³/mol. The highest BCUT2D eigenvalue weighted by Gasteiger charge is 2.18. The second-order valence-corrected chi connectivity index (χ2v) is 5.83. The number of anilines is 1. The third-order valence-electron chi connectivity index (χ3n) is 3.66. The number of nitrogens with one attached hydrogen (secondary N) is 2. The van der Waals surface area contributed by atoms with Crippen molar-refractivity contribution in [2.45, 2.75) is 26.2 Å². The van der Waals surface area contributed by atoms with E-state index in [-0.39, 0.29) is 5.91 Å². The Hall–Kier alpha value is -1.82. The van der Waals surface area contributed by atoms with Gasteiger partial charge in [0, 0.05) is 26.1 Å². The molecule has 6 heteroatoms. The third kappa shape index (κ3) is 4.59. The molecule has 1 amide bonds. The van der Waals surface area contributed by atoms with E-state index in [4.69, 9.17) is 17.0 Å². The van der Waals surface area contributed by atoms with Gasteiger partial charge < -0.3 is 20.3 Å². The third-order valence-corrected chi connectivity index (χ3v) is 3.91. The molecule has 1 aliphatic heterocycles. The quantitative estimate of drug-likeness (QED) is 0.622. The van der Waals surface area contributed by atoms with Crippen molar-refractivity contribution in [3.8, 4) is 5.75 Å². The van der Waals surface area contributed by atoms with Gasteiger partial charge in [-0.15, -0.1) is 0 Å². The minimum atomic E-state index is 0.269. The van der Waals surface area contributed by atoms with Crippen LogP contribution >= 0.6 is 12.2 Å². The summed E-state index contributed by atoms with van der Waals surface area (Å²) >= 11 is 5.30. The molecule has 2 rings (SSSR count). The topological polar surface area (TPSA) is 53.6 Å². The number of methoxy groups -OCH3 is 1. The normalized spacial score (nSPS) is 14.1. The Morgan fingerprint density at radius 1 is 1.45 bits per heavy atom. The lowest BCUT2D eigenvalue weighted by Gasteiger charge is -2.17. The first-order valence-electron chi connectivity index (χ1n) is 7.57. The summed E-state index contributed by atoms with van der Waals surface area (Å²) in [5, 5.41) is 6.89. The minimum absolute atomic E-state index is 0.269. The first kappa shape index (κ1) is 16.5. The van der Waals surface area contributed by atoms with Gasteiger partial charge in [-0.25, -0.2) is 0 Å². The molecule has 22 heavy (non-hydrogen) atoms. The monoisotopic (exact) mass is 321 g/mol. The van der Waals surface area contributed by atoms with E-state index in [0.717, 1.165) is 49.5 Å². The number of benzene rings is 1. The van der Waals surface area contributed by atoms with Crippen LogP contribution in [0.3, 0.4) is 0 Å². The van der Waals surface area contributed by atoms with Crippen LogP contribution in [0.25, 0.3) is 0 Å². The fraction of sp³-hybridized carbons (Fsp3) is 0.500. The van der Waals surface area contributed by atoms with Crippen LogP contribution in [0.2, 0.25) is 0 Å². The van der Waals surface area contributed by atoms with Crippen molar-refractivity contribution in [2.75, 3.05) is 32.1 Å². The zero-order valence-corrected chi connectivity index (χ0v) is 14.0. The molecule has 1 saturated heterocycles. The highest BCUT2D eigenvalue weighted by atomic mass is 32.1. The maximum Gasteiger partial charge on any atom is 0.222 e. The summed E-state index contributed by atoms with van der Waals surface area (Å²) in [4.78, 5) is 13.4. The molecule has 120 valence electrons. The Morgan fingerprint density at radius 2 is 2.27 bits per heavy atom. The van der Waals surface area contributed by atoms with Gasteiger partial charge >= 0.3 is 0 Å². The highest BCUT2D eigenvalue weighted by molar-refractivity contribution is 7.80. The average molecular weight is 321 g/mol. The van der Waals surface area contributed by atoms with Crippen molar-refractivity contribution in [2.24, 2.45) is 0 Å². The lowest BCUT2D eigenvalue weighted by molar-refractivity contribution is -0.127. The van der Waals surface area contributed by atoms with Gasteiger partial charge in [0.1, 0.15) is 5.75 Å². The standard InChI is InChI=1S/C16H23N3O2S/c1-12-6-7-14(21-2)13(11-12)18-16(22)17-8-4-10-19-9-3-5-15(19)20/h6-7,11H,3-5,8-10H2,1-2H3,(H2,17,18,22). The number of rotatable bonds is 6. The molecule has 1 fully saturated rings. The molecule has 0 bridgehead atoms. The molecule has 2 N–H and O–H groups in total. The number of carbonyl (C=O) groups excluding carboxylic acids is 1. The number of ether oxygens (including phenoxy) is 1. The Labute approximate surface area is 137 Å². The van der Waals surface area contributed by atoms with Crippen LogP contribution in [0.1, 0.15) is 24.8 Å². The molecule has 1 heterocycles. The SMILES string of the molecule is COc1ccc(C)cc1NC(=S)NCCCN1CCCC1=O. The highest BCUT2D eigenvalue weighted by Crippen LogP contribution is 2.24. The van der Waals surface area contributed by atoms with Crippen LogP contribution < -0.4 is 15.4 Å². The second-order valence-electron chi connectivity index (χ2n) is 5.42. The van der Waals surface area contributed by atoms with E-state index in [1.54, 1.807) is 7.11 Å². The summed E-state index contributed by atoms with van der Waals surface area (Å²) in [6, 6.07) is 5.91. The molecule has 0 spiro atoms. The van der Waals surface area contributed by atoms with Crippen molar-refractivity contribution < 1.29 is 9.53 Å². The Bertz CT molecular complexity index is 548. The lowest BCUT2D eigenvalue weighted by atomic mass is 10.2. The summed E-state index contributed by atoms with van der Waals surface area (Å²) in [5.41, 5.74) is 1.99. The van der Waals surface area contributed by atoms with E-state index in [0.29, 0.717) is 11.5 Å². The molecular weight excluding hydrogens is 298 g/mol. The number of aryl methyl sites for hydroxylation is 1. The Kier molecular flexibility index (Phi) is 6.00. The number of likely N-dealkylation sites (tertiary alicyclic amines) is 1. The van der Waals surface area contributed by atoms with Crippen molar-refractivity contribution in [3.63, 3.8) is 0 Å². The van der Waals surface area contributed by atoms with Crippen LogP contribution in [0, 0.1) is 6.92 Å². The van der Waals surface area contributed by atoms with Gasteiger partial charge in [-0.2, -0.15) is 0 Å². The molecule has 0 unspecified atom stereocenters. The van der Waals surface area contributed by atoms with Gasteiger partial charge in [0.05, 0.1) is 12.8 Å². The average Bonchev–Trinajstić information content (AvgIpc) is 2.89. The van der Waals surface area contributed by atoms with E-state index in [1.807, 2.05) is 30.0 Å². The second kappa shape index (κ2) is 7.98. The van der Waals surface area contributed by atoms with Gasteiger partial charge in [0.2, 0.25) is 5.91 Å². The molecular formula is C16H23N3O2S. The van der Waals surface area contributed by atoms with E-state index in [1.165, 1.54) is 0 Å². The number of amides is 1. The van der Waals surface area contributed by atoms with E-state index < -0.39 is 0 Å². The Morgan fingerprint density at radius 3 is 2.95 bits per heavy atom. The zero-order chi connectivity index (χ0) is 15.9. The number of thiocarbonyl (C=S) groups is 1. The molecule has 0 aromatic heterocycles. The molecule has 0 saturated carbocycles. The molecule has 5 nitrogen and oxygen atoms in total. The largest absolute Gasteiger partial charge is 0.495 e. The van der Waals surface area contributed by atoms with Gasteiger partial charge in [0.15, 0.2) is 5.11 Å². The summed E-state index contributed by atoms with van der Waals surface area (Å²) < 4.78 is 5.31. The van der Waals surface area contributed by atoms with Gasteiger partial charge in [-0.05, 0) is 49.7 Å². The first-order chi connectivity index (χ1) is 10.6. The van der Waals surface area contributed by atoms with Crippen LogP contribution in [-0.2, 0) is 4.79 Å². The fourth-order valence-corrected chi connectivity index (χ4v) is 2.71. The summed E-state index contributed by atoms with van der Waals surface area (Å²) in [6.07, 6.45) is 2.57. The molecule has 0 radical (unpaired) electrons. The van der Waals surface area contributed by atoms with Crippen molar-refractivity contribution >= 4 is 28.9 Å². The van der Waals surface area contributed by atoms with Crippen LogP contribution in [0.4, 0.5) is 5.69 Å². The van der Waals surface area contributed by atoms with E-state index in [2.05, 4.69) is 10.6 Å². The molecule has 0 aliphatic carbocycles. The van der Waals surface area contributed by atoms with Gasteiger partial charge in [-0.3, -0.25) is 4.79 Å². The molecule has 0 atom stereocenters. The number of carbonyl (C=O) groups is 1. The van der Waals surface area contributed by atoms with Crippen LogP contribution in [0.15, 0.2) is 18.2 Å².